The van der Waals surface area contributed by atoms with E-state index in [1.165, 1.54) is 10.6 Å². The van der Waals surface area contributed by atoms with Crippen LogP contribution in [0.4, 0.5) is 5.69 Å². The Labute approximate surface area is 144 Å². The van der Waals surface area contributed by atoms with Gasteiger partial charge in [-0.3, -0.25) is 0 Å². The molecule has 0 atom stereocenters. The number of aromatic hydroxyl groups is 1. The highest BCUT2D eigenvalue weighted by molar-refractivity contribution is 9.10. The number of piperazine rings is 1. The summed E-state index contributed by atoms with van der Waals surface area (Å²) in [4.78, 5) is 3.89. The zero-order chi connectivity index (χ0) is 15.5. The monoisotopic (exact) mass is 381 g/mol. The van der Waals surface area contributed by atoms with E-state index in [0.29, 0.717) is 5.75 Å². The van der Waals surface area contributed by atoms with Gasteiger partial charge in [0.15, 0.2) is 0 Å². The third-order valence-corrected chi connectivity index (χ3v) is 4.89. The zero-order valence-electron chi connectivity index (χ0n) is 12.2. The fourth-order valence-electron chi connectivity index (χ4n) is 2.87. The predicted molar refractivity (Wildman–Crippen MR) is 93.9 cm³/mol. The Morgan fingerprint density at radius 1 is 1.09 bits per heavy atom. The van der Waals surface area contributed by atoms with Gasteiger partial charge >= 0.3 is 0 Å². The van der Waals surface area contributed by atoms with Gasteiger partial charge in [-0.05, 0) is 42.5 Å². The van der Waals surface area contributed by atoms with Gasteiger partial charge in [0.2, 0.25) is 0 Å². The minimum atomic E-state index is 0.385. The molecule has 2 aromatic rings. The molecule has 0 saturated carbocycles. The van der Waals surface area contributed by atoms with Crippen LogP contribution in [0.15, 0.2) is 46.9 Å². The highest BCUT2D eigenvalue weighted by atomic mass is 79.9. The maximum Gasteiger partial charge on any atom is 0.124 e. The molecule has 3 rings (SSSR count). The SMILES string of the molecule is Oc1ccc(Br)cc1C[NH+]1CCN(c2ccc(Cl)cc2)CC1. The van der Waals surface area contributed by atoms with Gasteiger partial charge < -0.3 is 14.9 Å². The predicted octanol–water partition coefficient (Wildman–Crippen LogP) is 2.71. The number of quaternary nitrogens is 1. The highest BCUT2D eigenvalue weighted by Gasteiger charge is 2.21. The second-order valence-corrected chi connectivity index (χ2v) is 7.02. The normalized spacial score (nSPS) is 16.0. The molecule has 5 heteroatoms. The molecule has 1 fully saturated rings. The van der Waals surface area contributed by atoms with E-state index in [2.05, 4.69) is 33.0 Å². The summed E-state index contributed by atoms with van der Waals surface area (Å²) in [7, 11) is 0. The Morgan fingerprint density at radius 2 is 1.77 bits per heavy atom. The third-order valence-electron chi connectivity index (χ3n) is 4.14. The molecule has 0 spiro atoms. The van der Waals surface area contributed by atoms with Crippen molar-refractivity contribution in [2.75, 3.05) is 31.1 Å². The van der Waals surface area contributed by atoms with E-state index in [4.69, 9.17) is 11.6 Å². The van der Waals surface area contributed by atoms with Gasteiger partial charge in [0.1, 0.15) is 12.3 Å². The number of phenols is 1. The van der Waals surface area contributed by atoms with Crippen LogP contribution in [-0.2, 0) is 6.54 Å². The number of hydrogen-bond donors (Lipinski definition) is 2. The maximum atomic E-state index is 9.96. The summed E-state index contributed by atoms with van der Waals surface area (Å²) in [5, 5.41) is 10.7. The molecule has 1 aliphatic rings. The molecule has 3 nitrogen and oxygen atoms in total. The highest BCUT2D eigenvalue weighted by Crippen LogP contribution is 2.21. The van der Waals surface area contributed by atoms with E-state index >= 15 is 0 Å². The summed E-state index contributed by atoms with van der Waals surface area (Å²) in [5.74, 6) is 0.385. The van der Waals surface area contributed by atoms with E-state index < -0.39 is 0 Å². The number of anilines is 1. The van der Waals surface area contributed by atoms with Gasteiger partial charge in [-0.1, -0.05) is 27.5 Å². The van der Waals surface area contributed by atoms with E-state index in [1.54, 1.807) is 6.07 Å². The Hall–Kier alpha value is -1.23. The second kappa shape index (κ2) is 6.90. The molecule has 1 heterocycles. The molecule has 0 bridgehead atoms. The van der Waals surface area contributed by atoms with Crippen LogP contribution in [0.1, 0.15) is 5.56 Å². The largest absolute Gasteiger partial charge is 0.507 e. The Balaban J connectivity index is 1.60. The molecule has 1 aliphatic heterocycles. The molecule has 0 amide bonds. The number of hydrogen-bond acceptors (Lipinski definition) is 2. The zero-order valence-corrected chi connectivity index (χ0v) is 14.6. The molecule has 1 saturated heterocycles. The van der Waals surface area contributed by atoms with Gasteiger partial charge in [0, 0.05) is 20.7 Å². The third kappa shape index (κ3) is 3.75. The Bertz CT molecular complexity index is 640. The van der Waals surface area contributed by atoms with Crippen LogP contribution in [0.2, 0.25) is 5.02 Å². The Kier molecular flexibility index (Phi) is 4.91. The van der Waals surface area contributed by atoms with Crippen molar-refractivity contribution in [2.45, 2.75) is 6.54 Å². The molecule has 0 aliphatic carbocycles. The van der Waals surface area contributed by atoms with E-state index in [-0.39, 0.29) is 0 Å². The standard InChI is InChI=1S/C17H18BrClN2O/c18-14-1-6-17(22)13(11-14)12-20-7-9-21(10-8-20)16-4-2-15(19)3-5-16/h1-6,11,22H,7-10,12H2/p+1. The number of phenolic OH excluding ortho intramolecular Hbond substituents is 1. The molecule has 22 heavy (non-hydrogen) atoms. The van der Waals surface area contributed by atoms with Crippen molar-refractivity contribution in [3.05, 3.63) is 57.5 Å². The smallest absolute Gasteiger partial charge is 0.124 e. The number of nitrogens with zero attached hydrogens (tertiary/aromatic N) is 1. The van der Waals surface area contributed by atoms with Gasteiger partial charge in [-0.15, -0.1) is 0 Å². The van der Waals surface area contributed by atoms with Crippen molar-refractivity contribution in [1.82, 2.24) is 0 Å². The van der Waals surface area contributed by atoms with E-state index in [9.17, 15) is 5.11 Å². The minimum absolute atomic E-state index is 0.385. The molecule has 0 aromatic heterocycles. The number of halogens is 2. The first-order chi connectivity index (χ1) is 10.6. The molecule has 2 aromatic carbocycles. The van der Waals surface area contributed by atoms with E-state index in [0.717, 1.165) is 47.8 Å². The molecule has 2 N–H and O–H groups in total. The van der Waals surface area contributed by atoms with Crippen molar-refractivity contribution < 1.29 is 10.0 Å². The van der Waals surface area contributed by atoms with Crippen LogP contribution in [0.5, 0.6) is 5.75 Å². The lowest BCUT2D eigenvalue weighted by Crippen LogP contribution is -3.13. The number of benzene rings is 2. The lowest BCUT2D eigenvalue weighted by molar-refractivity contribution is -0.914. The molecule has 0 radical (unpaired) electrons. The average Bonchev–Trinajstić information content (AvgIpc) is 2.53. The fourth-order valence-corrected chi connectivity index (χ4v) is 3.41. The van der Waals surface area contributed by atoms with Crippen molar-refractivity contribution >= 4 is 33.2 Å². The molecular formula is C17H19BrClN2O+. The molecule has 0 unspecified atom stereocenters. The van der Waals surface area contributed by atoms with Crippen LogP contribution >= 0.6 is 27.5 Å². The van der Waals surface area contributed by atoms with Crippen LogP contribution in [-0.4, -0.2) is 31.3 Å². The summed E-state index contributed by atoms with van der Waals surface area (Å²) in [6.45, 7) is 5.03. The van der Waals surface area contributed by atoms with Gasteiger partial charge in [-0.25, -0.2) is 0 Å². The van der Waals surface area contributed by atoms with E-state index in [1.807, 2.05) is 24.3 Å². The lowest BCUT2D eigenvalue weighted by atomic mass is 10.1. The van der Waals surface area contributed by atoms with Gasteiger partial charge in [0.05, 0.1) is 26.2 Å². The first kappa shape index (κ1) is 15.7. The van der Waals surface area contributed by atoms with Crippen LogP contribution in [0, 0.1) is 0 Å². The van der Waals surface area contributed by atoms with Crippen LogP contribution in [0.25, 0.3) is 0 Å². The lowest BCUT2D eigenvalue weighted by Gasteiger charge is -2.33. The van der Waals surface area contributed by atoms with Crippen molar-refractivity contribution in [3.8, 4) is 5.75 Å². The van der Waals surface area contributed by atoms with Crippen LogP contribution in [0.3, 0.4) is 0 Å². The molecule has 116 valence electrons. The quantitative estimate of drug-likeness (QED) is 0.854. The van der Waals surface area contributed by atoms with Gasteiger partial charge in [0.25, 0.3) is 0 Å². The summed E-state index contributed by atoms with van der Waals surface area (Å²) in [6, 6.07) is 13.7. The maximum absolute atomic E-state index is 9.96. The van der Waals surface area contributed by atoms with Crippen molar-refractivity contribution in [3.63, 3.8) is 0 Å². The Morgan fingerprint density at radius 3 is 2.45 bits per heavy atom. The minimum Gasteiger partial charge on any atom is -0.507 e. The van der Waals surface area contributed by atoms with Crippen LogP contribution < -0.4 is 9.80 Å². The fraction of sp³-hybridized carbons (Fsp3) is 0.294. The summed E-state index contributed by atoms with van der Waals surface area (Å²) in [6.07, 6.45) is 0. The average molecular weight is 383 g/mol. The topological polar surface area (TPSA) is 27.9 Å². The van der Waals surface area contributed by atoms with Crippen molar-refractivity contribution in [1.29, 1.82) is 0 Å². The number of nitrogens with one attached hydrogen (secondary N) is 1. The van der Waals surface area contributed by atoms with Gasteiger partial charge in [-0.2, -0.15) is 0 Å². The molecular weight excluding hydrogens is 364 g/mol. The van der Waals surface area contributed by atoms with Crippen molar-refractivity contribution in [2.24, 2.45) is 0 Å². The first-order valence-corrected chi connectivity index (χ1v) is 8.60. The summed E-state index contributed by atoms with van der Waals surface area (Å²) >= 11 is 9.41. The first-order valence-electron chi connectivity index (χ1n) is 7.43. The second-order valence-electron chi connectivity index (χ2n) is 5.66. The summed E-state index contributed by atoms with van der Waals surface area (Å²) in [5.41, 5.74) is 2.23. The summed E-state index contributed by atoms with van der Waals surface area (Å²) < 4.78 is 1.01. The number of rotatable bonds is 3.